The third-order valence-corrected chi connectivity index (χ3v) is 4.56. The van der Waals surface area contributed by atoms with Gasteiger partial charge in [-0.05, 0) is 42.5 Å². The lowest BCUT2D eigenvalue weighted by atomic mass is 10.1. The molecule has 1 heterocycles. The van der Waals surface area contributed by atoms with Gasteiger partial charge in [-0.15, -0.1) is 17.9 Å². The number of hydrogen-bond donors (Lipinski definition) is 1. The van der Waals surface area contributed by atoms with Crippen LogP contribution in [0.15, 0.2) is 54.4 Å². The summed E-state index contributed by atoms with van der Waals surface area (Å²) >= 11 is 1.67. The third kappa shape index (κ3) is 4.96. The number of thiophene rings is 1. The van der Waals surface area contributed by atoms with Crippen molar-refractivity contribution in [3.8, 4) is 0 Å². The van der Waals surface area contributed by atoms with E-state index >= 15 is 0 Å². The number of nitrogens with one attached hydrogen (secondary N) is 1. The second-order valence-corrected chi connectivity index (χ2v) is 6.54. The van der Waals surface area contributed by atoms with E-state index in [-0.39, 0.29) is 11.9 Å². The second kappa shape index (κ2) is 8.53. The highest BCUT2D eigenvalue weighted by atomic mass is 32.1. The van der Waals surface area contributed by atoms with E-state index in [1.807, 2.05) is 35.4 Å². The quantitative estimate of drug-likeness (QED) is 0.732. The Balaban J connectivity index is 2.00. The van der Waals surface area contributed by atoms with Gasteiger partial charge in [0.05, 0.1) is 6.54 Å². The smallest absolute Gasteiger partial charge is 0.245 e. The predicted octanol–water partition coefficient (Wildman–Crippen LogP) is 4.33. The summed E-state index contributed by atoms with van der Waals surface area (Å²) < 4.78 is 0. The van der Waals surface area contributed by atoms with Crippen LogP contribution in [-0.2, 0) is 17.8 Å². The molecule has 1 aromatic carbocycles. The van der Waals surface area contributed by atoms with Gasteiger partial charge in [0, 0.05) is 17.1 Å². The molecule has 0 fully saturated rings. The normalized spacial score (nSPS) is 11.7. The number of carbonyl (C=O) groups excluding carboxylic acids is 1. The summed E-state index contributed by atoms with van der Waals surface area (Å²) in [6.07, 6.45) is 2.79. The first-order chi connectivity index (χ1) is 11.1. The van der Waals surface area contributed by atoms with Crippen molar-refractivity contribution in [1.82, 2.24) is 4.90 Å². The molecule has 0 bridgehead atoms. The van der Waals surface area contributed by atoms with Crippen LogP contribution < -0.4 is 5.32 Å². The van der Waals surface area contributed by atoms with Gasteiger partial charge in [-0.3, -0.25) is 4.79 Å². The number of benzene rings is 1. The first-order valence-electron chi connectivity index (χ1n) is 7.91. The Morgan fingerprint density at radius 1 is 1.35 bits per heavy atom. The molecule has 1 N–H and O–H groups in total. The molecule has 4 heteroatoms. The van der Waals surface area contributed by atoms with Crippen molar-refractivity contribution in [3.63, 3.8) is 0 Å². The number of amides is 1. The summed E-state index contributed by atoms with van der Waals surface area (Å²) in [5, 5.41) is 5.32. The molecule has 2 aromatic rings. The Hall–Kier alpha value is -2.07. The fourth-order valence-electron chi connectivity index (χ4n) is 2.40. The number of nitrogens with zero attached hydrogens (tertiary/aromatic N) is 1. The zero-order valence-corrected chi connectivity index (χ0v) is 14.6. The first-order valence-corrected chi connectivity index (χ1v) is 8.79. The Bertz CT molecular complexity index is 619. The average Bonchev–Trinajstić information content (AvgIpc) is 3.07. The van der Waals surface area contributed by atoms with Crippen LogP contribution in [0.1, 0.15) is 24.3 Å². The molecule has 1 unspecified atom stereocenters. The number of hydrogen-bond acceptors (Lipinski definition) is 3. The van der Waals surface area contributed by atoms with Gasteiger partial charge in [-0.1, -0.05) is 31.2 Å². The summed E-state index contributed by atoms with van der Waals surface area (Å²) in [6, 6.07) is 12.0. The van der Waals surface area contributed by atoms with E-state index in [2.05, 4.69) is 37.0 Å². The minimum atomic E-state index is -0.276. The number of anilines is 1. The van der Waals surface area contributed by atoms with Gasteiger partial charge in [-0.25, -0.2) is 0 Å². The number of carbonyl (C=O) groups is 1. The summed E-state index contributed by atoms with van der Waals surface area (Å²) in [7, 11) is 0. The molecule has 1 aromatic heterocycles. The Kier molecular flexibility index (Phi) is 6.41. The van der Waals surface area contributed by atoms with E-state index in [0.29, 0.717) is 13.1 Å². The molecule has 23 heavy (non-hydrogen) atoms. The van der Waals surface area contributed by atoms with Crippen LogP contribution in [0.3, 0.4) is 0 Å². The van der Waals surface area contributed by atoms with Crippen LogP contribution in [0, 0.1) is 0 Å². The van der Waals surface area contributed by atoms with E-state index in [1.54, 1.807) is 17.4 Å². The van der Waals surface area contributed by atoms with E-state index in [0.717, 1.165) is 12.1 Å². The molecule has 0 spiro atoms. The fraction of sp³-hybridized carbons (Fsp3) is 0.316. The standard InChI is InChI=1S/C19H24N2OS/c1-4-12-21(14-18-7-6-13-23-18)19(22)15(3)20-17-10-8-16(5-2)9-11-17/h4,6-11,13,15,20H,1,5,12,14H2,2-3H3. The monoisotopic (exact) mass is 328 g/mol. The van der Waals surface area contributed by atoms with Crippen LogP contribution in [0.25, 0.3) is 0 Å². The maximum Gasteiger partial charge on any atom is 0.245 e. The van der Waals surface area contributed by atoms with Gasteiger partial charge < -0.3 is 10.2 Å². The van der Waals surface area contributed by atoms with Crippen molar-refractivity contribution in [1.29, 1.82) is 0 Å². The predicted molar refractivity (Wildman–Crippen MR) is 98.8 cm³/mol. The highest BCUT2D eigenvalue weighted by Gasteiger charge is 2.20. The number of rotatable bonds is 8. The zero-order valence-electron chi connectivity index (χ0n) is 13.8. The maximum absolute atomic E-state index is 12.7. The summed E-state index contributed by atoms with van der Waals surface area (Å²) in [6.45, 7) is 8.98. The van der Waals surface area contributed by atoms with Gasteiger partial charge in [0.1, 0.15) is 6.04 Å². The second-order valence-electron chi connectivity index (χ2n) is 5.50. The molecular weight excluding hydrogens is 304 g/mol. The molecule has 1 amide bonds. The van der Waals surface area contributed by atoms with Crippen LogP contribution in [0.2, 0.25) is 0 Å². The lowest BCUT2D eigenvalue weighted by molar-refractivity contribution is -0.131. The van der Waals surface area contributed by atoms with Gasteiger partial charge in [0.2, 0.25) is 5.91 Å². The molecule has 122 valence electrons. The van der Waals surface area contributed by atoms with E-state index in [1.165, 1.54) is 10.4 Å². The zero-order chi connectivity index (χ0) is 16.7. The Morgan fingerprint density at radius 3 is 2.65 bits per heavy atom. The average molecular weight is 328 g/mol. The molecule has 0 aliphatic rings. The maximum atomic E-state index is 12.7. The molecular formula is C19H24N2OS. The van der Waals surface area contributed by atoms with E-state index < -0.39 is 0 Å². The first kappa shape index (κ1) is 17.3. The van der Waals surface area contributed by atoms with Crippen LogP contribution in [0.4, 0.5) is 5.69 Å². The molecule has 3 nitrogen and oxygen atoms in total. The van der Waals surface area contributed by atoms with Gasteiger partial charge in [0.15, 0.2) is 0 Å². The van der Waals surface area contributed by atoms with Crippen LogP contribution in [0.5, 0.6) is 0 Å². The largest absolute Gasteiger partial charge is 0.374 e. The third-order valence-electron chi connectivity index (χ3n) is 3.70. The fourth-order valence-corrected chi connectivity index (χ4v) is 3.12. The van der Waals surface area contributed by atoms with E-state index in [4.69, 9.17) is 0 Å². The SMILES string of the molecule is C=CCN(Cc1cccs1)C(=O)C(C)Nc1ccc(CC)cc1. The topological polar surface area (TPSA) is 32.3 Å². The minimum absolute atomic E-state index is 0.0814. The lowest BCUT2D eigenvalue weighted by Gasteiger charge is -2.25. The van der Waals surface area contributed by atoms with Gasteiger partial charge in [-0.2, -0.15) is 0 Å². The van der Waals surface area contributed by atoms with Gasteiger partial charge in [0.25, 0.3) is 0 Å². The summed E-state index contributed by atoms with van der Waals surface area (Å²) in [5.74, 6) is 0.0814. The van der Waals surface area contributed by atoms with Crippen molar-refractivity contribution in [2.24, 2.45) is 0 Å². The Labute approximate surface area is 142 Å². The summed E-state index contributed by atoms with van der Waals surface area (Å²) in [4.78, 5) is 15.7. The lowest BCUT2D eigenvalue weighted by Crippen LogP contribution is -2.41. The van der Waals surface area contributed by atoms with Crippen molar-refractivity contribution in [3.05, 3.63) is 64.9 Å². The Morgan fingerprint density at radius 2 is 2.09 bits per heavy atom. The van der Waals surface area contributed by atoms with Crippen molar-refractivity contribution >= 4 is 22.9 Å². The molecule has 0 aliphatic carbocycles. The highest BCUT2D eigenvalue weighted by Crippen LogP contribution is 2.15. The van der Waals surface area contributed by atoms with Crippen molar-refractivity contribution < 1.29 is 4.79 Å². The molecule has 0 aliphatic heterocycles. The van der Waals surface area contributed by atoms with Crippen LogP contribution in [-0.4, -0.2) is 23.4 Å². The molecule has 0 saturated heterocycles. The molecule has 1 atom stereocenters. The molecule has 2 rings (SSSR count). The summed E-state index contributed by atoms with van der Waals surface area (Å²) in [5.41, 5.74) is 2.26. The number of aryl methyl sites for hydroxylation is 1. The van der Waals surface area contributed by atoms with E-state index in [9.17, 15) is 4.79 Å². The minimum Gasteiger partial charge on any atom is -0.374 e. The molecule has 0 saturated carbocycles. The van der Waals surface area contributed by atoms with Crippen LogP contribution >= 0.6 is 11.3 Å². The van der Waals surface area contributed by atoms with Crippen molar-refractivity contribution in [2.75, 3.05) is 11.9 Å². The van der Waals surface area contributed by atoms with Crippen molar-refractivity contribution in [2.45, 2.75) is 32.9 Å². The highest BCUT2D eigenvalue weighted by molar-refractivity contribution is 7.09. The molecule has 0 radical (unpaired) electrons. The van der Waals surface area contributed by atoms with Gasteiger partial charge >= 0.3 is 0 Å².